The van der Waals surface area contributed by atoms with E-state index in [0.717, 1.165) is 37.7 Å². The van der Waals surface area contributed by atoms with Crippen molar-refractivity contribution in [1.29, 1.82) is 0 Å². The third kappa shape index (κ3) is 3.40. The molecule has 6 heteroatoms. The Hall–Kier alpha value is -2.05. The Morgan fingerprint density at radius 1 is 1.23 bits per heavy atom. The molecule has 1 fully saturated rings. The predicted molar refractivity (Wildman–Crippen MR) is 86.6 cm³/mol. The fourth-order valence-electron chi connectivity index (χ4n) is 2.74. The summed E-state index contributed by atoms with van der Waals surface area (Å²) in [5, 5.41) is 3.47. The van der Waals surface area contributed by atoms with Gasteiger partial charge in [-0.05, 0) is 17.7 Å². The maximum Gasteiger partial charge on any atom is 0.224 e. The van der Waals surface area contributed by atoms with Crippen LogP contribution in [0.3, 0.4) is 0 Å². The molecule has 3 rings (SSSR count). The summed E-state index contributed by atoms with van der Waals surface area (Å²) in [6.45, 7) is 3.85. The first-order valence-electron chi connectivity index (χ1n) is 7.57. The van der Waals surface area contributed by atoms with E-state index in [1.54, 1.807) is 0 Å². The first-order valence-corrected chi connectivity index (χ1v) is 7.57. The average molecular weight is 298 g/mol. The molecule has 1 atom stereocenters. The molecule has 0 saturated carbocycles. The summed E-state index contributed by atoms with van der Waals surface area (Å²) in [6.07, 6.45) is 7.57. The molecular formula is C16H22N6. The van der Waals surface area contributed by atoms with Crippen LogP contribution in [0.1, 0.15) is 17.2 Å². The van der Waals surface area contributed by atoms with Gasteiger partial charge >= 0.3 is 0 Å². The molecule has 2 aromatic rings. The third-order valence-corrected chi connectivity index (χ3v) is 3.92. The van der Waals surface area contributed by atoms with E-state index in [4.69, 9.17) is 0 Å². The summed E-state index contributed by atoms with van der Waals surface area (Å²) < 4.78 is 0. The van der Waals surface area contributed by atoms with Crippen molar-refractivity contribution in [3.05, 3.63) is 48.0 Å². The number of rotatable bonds is 4. The Labute approximate surface area is 131 Å². The molecule has 0 radical (unpaired) electrons. The lowest BCUT2D eigenvalue weighted by molar-refractivity contribution is 0.153. The van der Waals surface area contributed by atoms with Crippen molar-refractivity contribution in [2.75, 3.05) is 38.6 Å². The number of aromatic nitrogens is 3. The van der Waals surface area contributed by atoms with E-state index in [2.05, 4.69) is 37.3 Å². The normalized spacial score (nSPS) is 19.1. The molecule has 0 aromatic carbocycles. The summed E-state index contributed by atoms with van der Waals surface area (Å²) in [5.41, 5.74) is 2.44. The molecule has 1 aliphatic rings. The monoisotopic (exact) mass is 298 g/mol. The number of nitrogens with zero attached hydrogens (tertiary/aromatic N) is 5. The van der Waals surface area contributed by atoms with Crippen molar-refractivity contribution in [3.63, 3.8) is 0 Å². The zero-order valence-corrected chi connectivity index (χ0v) is 13.1. The highest BCUT2D eigenvalue weighted by molar-refractivity contribution is 5.27. The van der Waals surface area contributed by atoms with Gasteiger partial charge in [-0.2, -0.15) is 0 Å². The second-order valence-corrected chi connectivity index (χ2v) is 5.76. The van der Waals surface area contributed by atoms with Gasteiger partial charge in [-0.1, -0.05) is 0 Å². The highest BCUT2D eigenvalue weighted by Crippen LogP contribution is 2.23. The van der Waals surface area contributed by atoms with Crippen LogP contribution in [0.4, 0.5) is 5.95 Å². The van der Waals surface area contributed by atoms with E-state index in [0.29, 0.717) is 6.04 Å². The third-order valence-electron chi connectivity index (χ3n) is 3.92. The van der Waals surface area contributed by atoms with Gasteiger partial charge in [0.1, 0.15) is 0 Å². The highest BCUT2D eigenvalue weighted by atomic mass is 15.2. The largest absolute Gasteiger partial charge is 0.347 e. The Balaban J connectivity index is 1.74. The highest BCUT2D eigenvalue weighted by Gasteiger charge is 2.23. The lowest BCUT2D eigenvalue weighted by Gasteiger charge is -2.36. The molecule has 3 heterocycles. The Kier molecular flexibility index (Phi) is 4.60. The lowest BCUT2D eigenvalue weighted by Crippen LogP contribution is -2.45. The van der Waals surface area contributed by atoms with Crippen LogP contribution in [0.5, 0.6) is 0 Å². The van der Waals surface area contributed by atoms with Crippen LogP contribution < -0.4 is 10.2 Å². The molecule has 6 nitrogen and oxygen atoms in total. The number of nitrogens with one attached hydrogen (secondary N) is 1. The van der Waals surface area contributed by atoms with E-state index in [1.165, 1.54) is 5.56 Å². The summed E-state index contributed by atoms with van der Waals surface area (Å²) in [4.78, 5) is 17.3. The zero-order chi connectivity index (χ0) is 15.4. The second-order valence-electron chi connectivity index (χ2n) is 5.76. The number of piperazine rings is 1. The smallest absolute Gasteiger partial charge is 0.224 e. The van der Waals surface area contributed by atoms with E-state index >= 15 is 0 Å². The molecule has 0 amide bonds. The van der Waals surface area contributed by atoms with Crippen LogP contribution in [0, 0.1) is 0 Å². The van der Waals surface area contributed by atoms with Gasteiger partial charge in [0.25, 0.3) is 0 Å². The summed E-state index contributed by atoms with van der Waals surface area (Å²) in [7, 11) is 3.90. The van der Waals surface area contributed by atoms with Crippen molar-refractivity contribution in [2.45, 2.75) is 12.6 Å². The van der Waals surface area contributed by atoms with Gasteiger partial charge in [0.2, 0.25) is 5.95 Å². The predicted octanol–water partition coefficient (Wildman–Crippen LogP) is 1.08. The minimum absolute atomic E-state index is 0.366. The van der Waals surface area contributed by atoms with Gasteiger partial charge in [-0.15, -0.1) is 0 Å². The van der Waals surface area contributed by atoms with Crippen LogP contribution in [-0.2, 0) is 6.54 Å². The van der Waals surface area contributed by atoms with Gasteiger partial charge in [-0.3, -0.25) is 9.88 Å². The standard InChI is InChI=1S/C16H22N6/c1-21(2)16-19-9-13(10-20-16)12-22-8-7-18-11-15(22)14-3-5-17-6-4-14/h3-6,9-10,15,18H,7-8,11-12H2,1-2H3. The van der Waals surface area contributed by atoms with E-state index in [-0.39, 0.29) is 0 Å². The maximum atomic E-state index is 4.40. The van der Waals surface area contributed by atoms with Crippen LogP contribution in [-0.4, -0.2) is 53.6 Å². The van der Waals surface area contributed by atoms with Crippen molar-refractivity contribution >= 4 is 5.95 Å². The van der Waals surface area contributed by atoms with Crippen LogP contribution in [0.25, 0.3) is 0 Å². The number of hydrogen-bond acceptors (Lipinski definition) is 6. The molecule has 1 N–H and O–H groups in total. The average Bonchev–Trinajstić information content (AvgIpc) is 2.57. The number of anilines is 1. The zero-order valence-electron chi connectivity index (χ0n) is 13.1. The van der Waals surface area contributed by atoms with Crippen molar-refractivity contribution in [2.24, 2.45) is 0 Å². The minimum Gasteiger partial charge on any atom is -0.347 e. The topological polar surface area (TPSA) is 57.2 Å². The van der Waals surface area contributed by atoms with E-state index in [1.807, 2.05) is 43.8 Å². The second kappa shape index (κ2) is 6.81. The van der Waals surface area contributed by atoms with Gasteiger partial charge in [0.05, 0.1) is 0 Å². The summed E-state index contributed by atoms with van der Waals surface area (Å²) in [5.74, 6) is 0.745. The van der Waals surface area contributed by atoms with Crippen molar-refractivity contribution in [3.8, 4) is 0 Å². The molecule has 0 spiro atoms. The molecule has 116 valence electrons. The van der Waals surface area contributed by atoms with Crippen LogP contribution >= 0.6 is 0 Å². The quantitative estimate of drug-likeness (QED) is 0.912. The first-order chi connectivity index (χ1) is 10.7. The van der Waals surface area contributed by atoms with Crippen molar-refractivity contribution in [1.82, 2.24) is 25.2 Å². The van der Waals surface area contributed by atoms with Gasteiger partial charge in [0, 0.05) is 76.7 Å². The Morgan fingerprint density at radius 3 is 2.64 bits per heavy atom. The van der Waals surface area contributed by atoms with Crippen LogP contribution in [0.15, 0.2) is 36.9 Å². The molecule has 0 aliphatic carbocycles. The van der Waals surface area contributed by atoms with E-state index in [9.17, 15) is 0 Å². The van der Waals surface area contributed by atoms with Crippen LogP contribution in [0.2, 0.25) is 0 Å². The Bertz CT molecular complexity index is 583. The SMILES string of the molecule is CN(C)c1ncc(CN2CCNCC2c2ccncc2)cn1. The minimum atomic E-state index is 0.366. The van der Waals surface area contributed by atoms with E-state index < -0.39 is 0 Å². The molecule has 22 heavy (non-hydrogen) atoms. The molecule has 0 bridgehead atoms. The van der Waals surface area contributed by atoms with Gasteiger partial charge in [0.15, 0.2) is 0 Å². The summed E-state index contributed by atoms with van der Waals surface area (Å²) in [6, 6.07) is 4.55. The van der Waals surface area contributed by atoms with Crippen molar-refractivity contribution < 1.29 is 0 Å². The Morgan fingerprint density at radius 2 is 1.95 bits per heavy atom. The fourth-order valence-corrected chi connectivity index (χ4v) is 2.74. The number of pyridine rings is 1. The molecule has 1 unspecified atom stereocenters. The molecule has 1 aliphatic heterocycles. The number of hydrogen-bond donors (Lipinski definition) is 1. The molecule has 1 saturated heterocycles. The molecular weight excluding hydrogens is 276 g/mol. The molecule has 2 aromatic heterocycles. The van der Waals surface area contributed by atoms with Gasteiger partial charge in [-0.25, -0.2) is 9.97 Å². The fraction of sp³-hybridized carbons (Fsp3) is 0.438. The lowest BCUT2D eigenvalue weighted by atomic mass is 10.0. The maximum absolute atomic E-state index is 4.40. The summed E-state index contributed by atoms with van der Waals surface area (Å²) >= 11 is 0. The first kappa shape index (κ1) is 14.9. The van der Waals surface area contributed by atoms with Gasteiger partial charge < -0.3 is 10.2 Å².